The first-order chi connectivity index (χ1) is 13.1. The second-order valence-electron chi connectivity index (χ2n) is 7.47. The van der Waals surface area contributed by atoms with Gasteiger partial charge in [-0.25, -0.2) is 4.98 Å². The highest BCUT2D eigenvalue weighted by molar-refractivity contribution is 7.15. The Kier molecular flexibility index (Phi) is 5.25. The van der Waals surface area contributed by atoms with Gasteiger partial charge in [-0.15, -0.1) is 11.3 Å². The Morgan fingerprint density at radius 1 is 1.15 bits per heavy atom. The molecule has 2 aromatic rings. The van der Waals surface area contributed by atoms with Crippen LogP contribution in [0.15, 0.2) is 24.3 Å². The Morgan fingerprint density at radius 2 is 1.89 bits per heavy atom. The van der Waals surface area contributed by atoms with Gasteiger partial charge in [0.15, 0.2) is 5.13 Å². The number of benzene rings is 1. The highest BCUT2D eigenvalue weighted by Crippen LogP contribution is 2.30. The predicted octanol–water partition coefficient (Wildman–Crippen LogP) is 3.82. The Labute approximate surface area is 163 Å². The fourth-order valence-corrected chi connectivity index (χ4v) is 4.99. The van der Waals surface area contributed by atoms with E-state index in [2.05, 4.69) is 10.3 Å². The first-order valence-electron chi connectivity index (χ1n) is 9.76. The largest absolute Gasteiger partial charge is 0.339 e. The number of nitrogens with one attached hydrogen (secondary N) is 1. The topological polar surface area (TPSA) is 62.3 Å². The summed E-state index contributed by atoms with van der Waals surface area (Å²) in [6.07, 6.45) is 5.93. The van der Waals surface area contributed by atoms with E-state index in [0.29, 0.717) is 25.9 Å². The van der Waals surface area contributed by atoms with E-state index < -0.39 is 0 Å². The van der Waals surface area contributed by atoms with Crippen LogP contribution in [0, 0.1) is 12.8 Å². The molecule has 0 radical (unpaired) electrons. The standard InChI is InChI=1S/C21H25N3O2S/c1-14-6-2-3-7-16(14)20(26)24-12-10-15(11-13-24)19(25)23-21-22-17-8-4-5-9-18(17)27-21/h2-3,6-7,15H,4-5,8-13H2,1H3,(H,22,23,25). The summed E-state index contributed by atoms with van der Waals surface area (Å²) in [6.45, 7) is 3.21. The zero-order valence-corrected chi connectivity index (χ0v) is 16.5. The fourth-order valence-electron chi connectivity index (χ4n) is 3.94. The van der Waals surface area contributed by atoms with Crippen molar-refractivity contribution in [1.82, 2.24) is 9.88 Å². The van der Waals surface area contributed by atoms with E-state index in [9.17, 15) is 9.59 Å². The van der Waals surface area contributed by atoms with Gasteiger partial charge in [0.1, 0.15) is 0 Å². The van der Waals surface area contributed by atoms with Crippen molar-refractivity contribution in [2.24, 2.45) is 5.92 Å². The molecule has 2 amide bonds. The lowest BCUT2D eigenvalue weighted by molar-refractivity contribution is -0.121. The lowest BCUT2D eigenvalue weighted by atomic mass is 9.95. The van der Waals surface area contributed by atoms with E-state index >= 15 is 0 Å². The predicted molar refractivity (Wildman–Crippen MR) is 107 cm³/mol. The number of thiazole rings is 1. The van der Waals surface area contributed by atoms with Crippen molar-refractivity contribution in [3.05, 3.63) is 46.0 Å². The molecule has 0 saturated carbocycles. The van der Waals surface area contributed by atoms with E-state index in [-0.39, 0.29) is 17.7 Å². The van der Waals surface area contributed by atoms with Crippen LogP contribution in [-0.4, -0.2) is 34.8 Å². The molecule has 27 heavy (non-hydrogen) atoms. The smallest absolute Gasteiger partial charge is 0.254 e. The maximum Gasteiger partial charge on any atom is 0.254 e. The summed E-state index contributed by atoms with van der Waals surface area (Å²) in [4.78, 5) is 33.1. The summed E-state index contributed by atoms with van der Waals surface area (Å²) in [5.74, 6) is 0.0653. The second-order valence-corrected chi connectivity index (χ2v) is 8.55. The summed E-state index contributed by atoms with van der Waals surface area (Å²) in [7, 11) is 0. The third kappa shape index (κ3) is 3.90. The van der Waals surface area contributed by atoms with Gasteiger partial charge < -0.3 is 10.2 Å². The van der Waals surface area contributed by atoms with Crippen molar-refractivity contribution in [2.75, 3.05) is 18.4 Å². The third-order valence-corrected chi connectivity index (χ3v) is 6.68. The number of carbonyl (C=O) groups excluding carboxylic acids is 2. The quantitative estimate of drug-likeness (QED) is 0.876. The monoisotopic (exact) mass is 383 g/mol. The maximum absolute atomic E-state index is 12.7. The van der Waals surface area contributed by atoms with Crippen molar-refractivity contribution in [3.63, 3.8) is 0 Å². The molecule has 1 aliphatic heterocycles. The van der Waals surface area contributed by atoms with Gasteiger partial charge in [0.05, 0.1) is 5.69 Å². The molecule has 6 heteroatoms. The summed E-state index contributed by atoms with van der Waals surface area (Å²) in [5, 5.41) is 3.76. The molecule has 4 rings (SSSR count). The summed E-state index contributed by atoms with van der Waals surface area (Å²) in [6, 6.07) is 7.68. The normalized spacial score (nSPS) is 17.4. The van der Waals surface area contributed by atoms with Crippen molar-refractivity contribution in [3.8, 4) is 0 Å². The molecule has 0 spiro atoms. The Morgan fingerprint density at radius 3 is 2.63 bits per heavy atom. The van der Waals surface area contributed by atoms with Gasteiger partial charge in [-0.3, -0.25) is 9.59 Å². The van der Waals surface area contributed by atoms with Gasteiger partial charge in [-0.05, 0) is 57.1 Å². The van der Waals surface area contributed by atoms with E-state index in [1.54, 1.807) is 11.3 Å². The molecular formula is C21H25N3O2S. The first kappa shape index (κ1) is 18.2. The van der Waals surface area contributed by atoms with E-state index in [1.165, 1.54) is 23.4 Å². The number of hydrogen-bond acceptors (Lipinski definition) is 4. The van der Waals surface area contributed by atoms with Gasteiger partial charge in [0.2, 0.25) is 5.91 Å². The molecule has 2 aliphatic rings. The van der Waals surface area contributed by atoms with Crippen molar-refractivity contribution in [1.29, 1.82) is 0 Å². The fraction of sp³-hybridized carbons (Fsp3) is 0.476. The number of anilines is 1. The lowest BCUT2D eigenvalue weighted by Gasteiger charge is -2.31. The van der Waals surface area contributed by atoms with Crippen LogP contribution in [0.25, 0.3) is 0 Å². The van der Waals surface area contributed by atoms with Crippen LogP contribution in [0.3, 0.4) is 0 Å². The Hall–Kier alpha value is -2.21. The molecule has 1 N–H and O–H groups in total. The average molecular weight is 384 g/mol. The number of aryl methyl sites for hydroxylation is 3. The first-order valence-corrected chi connectivity index (χ1v) is 10.6. The van der Waals surface area contributed by atoms with E-state index in [4.69, 9.17) is 0 Å². The van der Waals surface area contributed by atoms with Crippen LogP contribution in [0.2, 0.25) is 0 Å². The summed E-state index contributed by atoms with van der Waals surface area (Å²) in [5.41, 5.74) is 2.92. The highest BCUT2D eigenvalue weighted by Gasteiger charge is 2.29. The minimum atomic E-state index is -0.0492. The molecule has 1 aromatic heterocycles. The molecule has 5 nitrogen and oxygen atoms in total. The van der Waals surface area contributed by atoms with Crippen molar-refractivity contribution >= 4 is 28.3 Å². The summed E-state index contributed by atoms with van der Waals surface area (Å²) >= 11 is 1.62. The van der Waals surface area contributed by atoms with E-state index in [1.807, 2.05) is 36.1 Å². The SMILES string of the molecule is Cc1ccccc1C(=O)N1CCC(C(=O)Nc2nc3c(s2)CCCC3)CC1. The van der Waals surface area contributed by atoms with Crippen LogP contribution in [0.5, 0.6) is 0 Å². The van der Waals surface area contributed by atoms with Crippen LogP contribution < -0.4 is 5.32 Å². The minimum absolute atomic E-state index is 0.0455. The molecule has 1 saturated heterocycles. The molecule has 0 bridgehead atoms. The molecule has 2 heterocycles. The minimum Gasteiger partial charge on any atom is -0.339 e. The Bertz CT molecular complexity index is 829. The Balaban J connectivity index is 1.33. The average Bonchev–Trinajstić information content (AvgIpc) is 3.10. The number of rotatable bonds is 3. The molecular weight excluding hydrogens is 358 g/mol. The molecule has 1 aromatic carbocycles. The van der Waals surface area contributed by atoms with Crippen LogP contribution >= 0.6 is 11.3 Å². The second kappa shape index (κ2) is 7.80. The number of aromatic nitrogens is 1. The lowest BCUT2D eigenvalue weighted by Crippen LogP contribution is -2.41. The zero-order valence-electron chi connectivity index (χ0n) is 15.7. The van der Waals surface area contributed by atoms with Gasteiger partial charge in [0, 0.05) is 29.4 Å². The molecule has 142 valence electrons. The van der Waals surface area contributed by atoms with Gasteiger partial charge in [-0.1, -0.05) is 18.2 Å². The van der Waals surface area contributed by atoms with Crippen LogP contribution in [0.4, 0.5) is 5.13 Å². The number of piperidine rings is 1. The number of hydrogen-bond donors (Lipinski definition) is 1. The van der Waals surface area contributed by atoms with Crippen LogP contribution in [0.1, 0.15) is 52.2 Å². The molecule has 0 unspecified atom stereocenters. The molecule has 0 atom stereocenters. The van der Waals surface area contributed by atoms with Crippen LogP contribution in [-0.2, 0) is 17.6 Å². The number of carbonyl (C=O) groups is 2. The van der Waals surface area contributed by atoms with Crippen molar-refractivity contribution in [2.45, 2.75) is 45.4 Å². The number of likely N-dealkylation sites (tertiary alicyclic amines) is 1. The van der Waals surface area contributed by atoms with Gasteiger partial charge >= 0.3 is 0 Å². The molecule has 1 aliphatic carbocycles. The van der Waals surface area contributed by atoms with E-state index in [0.717, 1.165) is 29.1 Å². The third-order valence-electron chi connectivity index (χ3n) is 5.60. The molecule has 1 fully saturated rings. The summed E-state index contributed by atoms with van der Waals surface area (Å²) < 4.78 is 0. The highest BCUT2D eigenvalue weighted by atomic mass is 32.1. The van der Waals surface area contributed by atoms with Crippen molar-refractivity contribution < 1.29 is 9.59 Å². The number of amides is 2. The number of fused-ring (bicyclic) bond motifs is 1. The number of nitrogens with zero attached hydrogens (tertiary/aromatic N) is 2. The zero-order chi connectivity index (χ0) is 18.8. The van der Waals surface area contributed by atoms with Gasteiger partial charge in [0.25, 0.3) is 5.91 Å². The van der Waals surface area contributed by atoms with Gasteiger partial charge in [-0.2, -0.15) is 0 Å². The maximum atomic E-state index is 12.7.